The molecule has 3 aromatic rings. The first kappa shape index (κ1) is 19.8. The molecule has 0 unspecified atom stereocenters. The van der Waals surface area contributed by atoms with Crippen molar-refractivity contribution in [3.8, 4) is 0 Å². The maximum atomic E-state index is 13.4. The number of Topliss-reactive ketones (excluding diaryl/α,β-unsaturated/α-hetero) is 1. The lowest BCUT2D eigenvalue weighted by Gasteiger charge is -2.26. The Bertz CT molecular complexity index is 1080. The van der Waals surface area contributed by atoms with E-state index in [0.717, 1.165) is 11.9 Å². The van der Waals surface area contributed by atoms with Crippen LogP contribution in [-0.4, -0.2) is 58.8 Å². The highest BCUT2D eigenvalue weighted by atomic mass is 16.3. The first-order valence-corrected chi connectivity index (χ1v) is 9.79. The monoisotopic (exact) mass is 405 g/mol. The van der Waals surface area contributed by atoms with Crippen LogP contribution in [0.15, 0.2) is 70.6 Å². The summed E-state index contributed by atoms with van der Waals surface area (Å²) in [5, 5.41) is 11.5. The summed E-state index contributed by atoms with van der Waals surface area (Å²) in [5.41, 5.74) is 1.27. The fourth-order valence-electron chi connectivity index (χ4n) is 3.78. The molecule has 30 heavy (non-hydrogen) atoms. The van der Waals surface area contributed by atoms with E-state index in [1.165, 1.54) is 4.90 Å². The van der Waals surface area contributed by atoms with Crippen molar-refractivity contribution in [2.45, 2.75) is 12.5 Å². The number of para-hydroxylation sites is 1. The molecular formula is C23H23N3O4. The topological polar surface area (TPSA) is 86.9 Å². The summed E-state index contributed by atoms with van der Waals surface area (Å²) in [6.45, 7) is 1.18. The number of pyridine rings is 1. The van der Waals surface area contributed by atoms with Gasteiger partial charge in [-0.15, -0.1) is 0 Å². The molecule has 7 nitrogen and oxygen atoms in total. The van der Waals surface area contributed by atoms with Crippen molar-refractivity contribution in [2.75, 3.05) is 27.2 Å². The molecule has 0 radical (unpaired) electrons. The van der Waals surface area contributed by atoms with Gasteiger partial charge in [0.25, 0.3) is 5.91 Å². The van der Waals surface area contributed by atoms with Crippen LogP contribution in [0.25, 0.3) is 11.0 Å². The third-order valence-corrected chi connectivity index (χ3v) is 5.20. The van der Waals surface area contributed by atoms with Crippen molar-refractivity contribution < 1.29 is 19.1 Å². The van der Waals surface area contributed by atoms with Crippen LogP contribution in [0.5, 0.6) is 0 Å². The van der Waals surface area contributed by atoms with E-state index in [4.69, 9.17) is 4.42 Å². The normalized spacial score (nSPS) is 16.8. The number of aliphatic hydroxyl groups excluding tert-OH is 1. The summed E-state index contributed by atoms with van der Waals surface area (Å²) < 4.78 is 5.71. The molecule has 1 aliphatic heterocycles. The average Bonchev–Trinajstić information content (AvgIpc) is 3.28. The highest BCUT2D eigenvalue weighted by molar-refractivity contribution is 6.15. The van der Waals surface area contributed by atoms with Crippen molar-refractivity contribution in [1.29, 1.82) is 0 Å². The van der Waals surface area contributed by atoms with Gasteiger partial charge in [-0.3, -0.25) is 14.6 Å². The SMILES string of the molecule is CN(C)CCCN1C(=O)C(O)=C(C(=O)c2cc3ccccc3o2)[C@@H]1c1cccnc1. The number of hydrogen-bond donors (Lipinski definition) is 1. The van der Waals surface area contributed by atoms with Crippen molar-refractivity contribution in [3.63, 3.8) is 0 Å². The zero-order valence-corrected chi connectivity index (χ0v) is 16.9. The highest BCUT2D eigenvalue weighted by Gasteiger charge is 2.44. The molecule has 7 heteroatoms. The Morgan fingerprint density at radius 1 is 1.23 bits per heavy atom. The van der Waals surface area contributed by atoms with Crippen LogP contribution in [0.3, 0.4) is 0 Å². The molecule has 1 aromatic carbocycles. The molecule has 3 heterocycles. The summed E-state index contributed by atoms with van der Waals surface area (Å²) >= 11 is 0. The van der Waals surface area contributed by atoms with Gasteiger partial charge in [0.2, 0.25) is 5.78 Å². The third kappa shape index (κ3) is 3.59. The summed E-state index contributed by atoms with van der Waals surface area (Å²) in [4.78, 5) is 33.9. The Labute approximate surface area is 174 Å². The molecule has 0 aliphatic carbocycles. The second kappa shape index (κ2) is 8.12. The molecule has 2 aromatic heterocycles. The number of rotatable bonds is 7. The fraction of sp³-hybridized carbons (Fsp3) is 0.261. The standard InChI is InChI=1S/C23H23N3O4/c1-25(2)11-6-12-26-20(16-8-5-10-24-14-16)19(22(28)23(26)29)21(27)18-13-15-7-3-4-9-17(15)30-18/h3-5,7-10,13-14,20,28H,6,11-12H2,1-2H3/t20-/m0/s1. The predicted octanol–water partition coefficient (Wildman–Crippen LogP) is 3.36. The van der Waals surface area contributed by atoms with E-state index in [-0.39, 0.29) is 11.3 Å². The molecular weight excluding hydrogens is 382 g/mol. The smallest absolute Gasteiger partial charge is 0.290 e. The molecule has 1 amide bonds. The summed E-state index contributed by atoms with van der Waals surface area (Å²) in [7, 11) is 3.91. The van der Waals surface area contributed by atoms with Crippen LogP contribution < -0.4 is 0 Å². The van der Waals surface area contributed by atoms with Crippen molar-refractivity contribution in [3.05, 3.63) is 77.5 Å². The average molecular weight is 405 g/mol. The van der Waals surface area contributed by atoms with Crippen molar-refractivity contribution in [1.82, 2.24) is 14.8 Å². The zero-order chi connectivity index (χ0) is 21.3. The van der Waals surface area contributed by atoms with E-state index >= 15 is 0 Å². The molecule has 154 valence electrons. The van der Waals surface area contributed by atoms with E-state index in [9.17, 15) is 14.7 Å². The molecule has 0 saturated heterocycles. The van der Waals surface area contributed by atoms with E-state index in [1.54, 1.807) is 36.7 Å². The number of carbonyl (C=O) groups is 2. The maximum absolute atomic E-state index is 13.4. The minimum Gasteiger partial charge on any atom is -0.503 e. The lowest BCUT2D eigenvalue weighted by Crippen LogP contribution is -2.33. The number of nitrogens with zero attached hydrogens (tertiary/aromatic N) is 3. The maximum Gasteiger partial charge on any atom is 0.290 e. The Hall–Kier alpha value is -3.45. The summed E-state index contributed by atoms with van der Waals surface area (Å²) in [5.74, 6) is -1.49. The lowest BCUT2D eigenvalue weighted by molar-refractivity contribution is -0.129. The van der Waals surface area contributed by atoms with Gasteiger partial charge in [-0.2, -0.15) is 0 Å². The Balaban J connectivity index is 1.73. The van der Waals surface area contributed by atoms with E-state index < -0.39 is 23.5 Å². The molecule has 1 atom stereocenters. The lowest BCUT2D eigenvalue weighted by atomic mass is 9.96. The summed E-state index contributed by atoms with van der Waals surface area (Å²) in [6, 6.07) is 11.8. The Kier molecular flexibility index (Phi) is 5.37. The van der Waals surface area contributed by atoms with Gasteiger partial charge >= 0.3 is 0 Å². The molecule has 0 bridgehead atoms. The van der Waals surface area contributed by atoms with Crippen LogP contribution in [-0.2, 0) is 4.79 Å². The molecule has 1 N–H and O–H groups in total. The van der Waals surface area contributed by atoms with Gasteiger partial charge in [0, 0.05) is 24.3 Å². The van der Waals surface area contributed by atoms with Gasteiger partial charge < -0.3 is 19.3 Å². The molecule has 0 fully saturated rings. The number of hydrogen-bond acceptors (Lipinski definition) is 6. The van der Waals surface area contributed by atoms with Crippen LogP contribution in [0.2, 0.25) is 0 Å². The second-order valence-electron chi connectivity index (χ2n) is 7.58. The van der Waals surface area contributed by atoms with E-state index in [2.05, 4.69) is 4.98 Å². The zero-order valence-electron chi connectivity index (χ0n) is 16.9. The molecule has 4 rings (SSSR count). The first-order chi connectivity index (χ1) is 14.5. The predicted molar refractivity (Wildman–Crippen MR) is 112 cm³/mol. The molecule has 0 saturated carbocycles. The number of carbonyl (C=O) groups excluding carboxylic acids is 2. The number of aromatic nitrogens is 1. The summed E-state index contributed by atoms with van der Waals surface area (Å²) in [6.07, 6.45) is 3.94. The molecule has 0 spiro atoms. The van der Waals surface area contributed by atoms with Crippen LogP contribution in [0.1, 0.15) is 28.6 Å². The minimum atomic E-state index is -0.714. The van der Waals surface area contributed by atoms with Crippen molar-refractivity contribution >= 4 is 22.7 Å². The van der Waals surface area contributed by atoms with Gasteiger partial charge in [0.1, 0.15) is 5.58 Å². The van der Waals surface area contributed by atoms with Gasteiger partial charge in [-0.1, -0.05) is 24.3 Å². The molecule has 1 aliphatic rings. The van der Waals surface area contributed by atoms with Gasteiger partial charge in [-0.25, -0.2) is 0 Å². The third-order valence-electron chi connectivity index (χ3n) is 5.20. The number of fused-ring (bicyclic) bond motifs is 1. The second-order valence-corrected chi connectivity index (χ2v) is 7.58. The highest BCUT2D eigenvalue weighted by Crippen LogP contribution is 2.39. The Morgan fingerprint density at radius 2 is 2.03 bits per heavy atom. The Morgan fingerprint density at radius 3 is 2.73 bits per heavy atom. The first-order valence-electron chi connectivity index (χ1n) is 9.79. The van der Waals surface area contributed by atoms with E-state index in [0.29, 0.717) is 24.1 Å². The number of benzene rings is 1. The number of amides is 1. The quantitative estimate of drug-likeness (QED) is 0.607. The van der Waals surface area contributed by atoms with Crippen LogP contribution >= 0.6 is 0 Å². The fourth-order valence-corrected chi connectivity index (χ4v) is 3.78. The number of furan rings is 1. The van der Waals surface area contributed by atoms with Gasteiger partial charge in [0.15, 0.2) is 11.5 Å². The van der Waals surface area contributed by atoms with E-state index in [1.807, 2.05) is 37.2 Å². The van der Waals surface area contributed by atoms with Crippen molar-refractivity contribution in [2.24, 2.45) is 0 Å². The van der Waals surface area contributed by atoms with Gasteiger partial charge in [0.05, 0.1) is 11.6 Å². The number of ketones is 1. The largest absolute Gasteiger partial charge is 0.503 e. The number of aliphatic hydroxyl groups is 1. The minimum absolute atomic E-state index is 0.0249. The van der Waals surface area contributed by atoms with Crippen LogP contribution in [0.4, 0.5) is 0 Å². The van der Waals surface area contributed by atoms with Gasteiger partial charge in [-0.05, 0) is 50.8 Å². The van der Waals surface area contributed by atoms with Crippen LogP contribution in [0, 0.1) is 0 Å².